The van der Waals surface area contributed by atoms with Crippen molar-refractivity contribution in [3.8, 4) is 5.75 Å². The van der Waals surface area contributed by atoms with Crippen molar-refractivity contribution in [1.29, 1.82) is 0 Å². The van der Waals surface area contributed by atoms with E-state index in [1.807, 2.05) is 36.4 Å². The first kappa shape index (κ1) is 19.3. The number of hydrogen-bond acceptors (Lipinski definition) is 4. The summed E-state index contributed by atoms with van der Waals surface area (Å²) in [5, 5.41) is 3.47. The van der Waals surface area contributed by atoms with Gasteiger partial charge in [-0.1, -0.05) is 12.1 Å². The number of ether oxygens (including phenoxy) is 2. The molecule has 27 heavy (non-hydrogen) atoms. The zero-order chi connectivity index (χ0) is 18.9. The van der Waals surface area contributed by atoms with Crippen molar-refractivity contribution in [1.82, 2.24) is 10.2 Å². The third kappa shape index (κ3) is 6.03. The van der Waals surface area contributed by atoms with Crippen molar-refractivity contribution in [2.45, 2.75) is 19.4 Å². The Kier molecular flexibility index (Phi) is 7.16. The predicted molar refractivity (Wildman–Crippen MR) is 106 cm³/mol. The first-order valence-electron chi connectivity index (χ1n) is 9.47. The van der Waals surface area contributed by atoms with Crippen LogP contribution in [0.4, 0.5) is 0 Å². The number of benzene rings is 1. The Balaban J connectivity index is 1.60. The van der Waals surface area contributed by atoms with E-state index >= 15 is 0 Å². The molecule has 0 aliphatic carbocycles. The highest BCUT2D eigenvalue weighted by Crippen LogP contribution is 2.14. The van der Waals surface area contributed by atoms with Crippen LogP contribution in [0.2, 0.25) is 0 Å². The molecule has 1 aliphatic rings. The molecule has 1 unspecified atom stereocenters. The SMILES string of the molecule is COc1ccc(CN=C(NCCc2ccco2)N(C)CC2CCOC2)cc1. The second-order valence-corrected chi connectivity index (χ2v) is 6.85. The molecule has 1 aromatic heterocycles. The van der Waals surface area contributed by atoms with Crippen molar-refractivity contribution < 1.29 is 13.9 Å². The van der Waals surface area contributed by atoms with Crippen LogP contribution >= 0.6 is 0 Å². The molecular weight excluding hydrogens is 342 g/mol. The van der Waals surface area contributed by atoms with Gasteiger partial charge in [-0.25, -0.2) is 4.99 Å². The molecular formula is C21H29N3O3. The minimum atomic E-state index is 0.563. The van der Waals surface area contributed by atoms with Crippen LogP contribution in [0.15, 0.2) is 52.1 Å². The van der Waals surface area contributed by atoms with Crippen LogP contribution in [-0.4, -0.2) is 51.3 Å². The molecule has 2 heterocycles. The van der Waals surface area contributed by atoms with Gasteiger partial charge < -0.3 is 24.1 Å². The maximum absolute atomic E-state index is 5.51. The van der Waals surface area contributed by atoms with Crippen molar-refractivity contribution in [2.24, 2.45) is 10.9 Å². The molecule has 0 radical (unpaired) electrons. The summed E-state index contributed by atoms with van der Waals surface area (Å²) >= 11 is 0. The average Bonchev–Trinajstić information content (AvgIpc) is 3.39. The minimum Gasteiger partial charge on any atom is -0.497 e. The largest absolute Gasteiger partial charge is 0.497 e. The monoisotopic (exact) mass is 371 g/mol. The van der Waals surface area contributed by atoms with Crippen LogP contribution in [-0.2, 0) is 17.7 Å². The van der Waals surface area contributed by atoms with Crippen LogP contribution in [0.25, 0.3) is 0 Å². The maximum atomic E-state index is 5.51. The Morgan fingerprint density at radius 3 is 2.81 bits per heavy atom. The first-order valence-corrected chi connectivity index (χ1v) is 9.47. The molecule has 0 spiro atoms. The lowest BCUT2D eigenvalue weighted by atomic mass is 10.1. The third-order valence-corrected chi connectivity index (χ3v) is 4.72. The Bertz CT molecular complexity index is 692. The molecule has 3 rings (SSSR count). The van der Waals surface area contributed by atoms with Gasteiger partial charge in [0.15, 0.2) is 5.96 Å². The number of nitrogens with one attached hydrogen (secondary N) is 1. The van der Waals surface area contributed by atoms with Gasteiger partial charge in [-0.15, -0.1) is 0 Å². The first-order chi connectivity index (χ1) is 13.2. The van der Waals surface area contributed by atoms with Gasteiger partial charge in [0, 0.05) is 39.1 Å². The zero-order valence-corrected chi connectivity index (χ0v) is 16.2. The zero-order valence-electron chi connectivity index (χ0n) is 16.2. The molecule has 1 fully saturated rings. The van der Waals surface area contributed by atoms with Gasteiger partial charge in [0.05, 0.1) is 26.5 Å². The molecule has 0 saturated carbocycles. The molecule has 1 saturated heterocycles. The second-order valence-electron chi connectivity index (χ2n) is 6.85. The Morgan fingerprint density at radius 2 is 2.15 bits per heavy atom. The Morgan fingerprint density at radius 1 is 1.30 bits per heavy atom. The van der Waals surface area contributed by atoms with Crippen LogP contribution in [0, 0.1) is 5.92 Å². The highest BCUT2D eigenvalue weighted by Gasteiger charge is 2.19. The van der Waals surface area contributed by atoms with Gasteiger partial charge >= 0.3 is 0 Å². The Labute approximate surface area is 161 Å². The van der Waals surface area contributed by atoms with Crippen molar-refractivity contribution in [2.75, 3.05) is 40.5 Å². The van der Waals surface area contributed by atoms with Crippen molar-refractivity contribution >= 4 is 5.96 Å². The quantitative estimate of drug-likeness (QED) is 0.571. The molecule has 1 N–H and O–H groups in total. The minimum absolute atomic E-state index is 0.563. The predicted octanol–water partition coefficient (Wildman–Crippen LogP) is 2.94. The molecule has 0 amide bonds. The van der Waals surface area contributed by atoms with Gasteiger partial charge in [0.2, 0.25) is 0 Å². The maximum Gasteiger partial charge on any atom is 0.194 e. The summed E-state index contributed by atoms with van der Waals surface area (Å²) in [5.74, 6) is 3.30. The standard InChI is InChI=1S/C21H29N3O3/c1-24(15-18-10-13-26-16-18)21(22-11-9-20-4-3-12-27-20)23-14-17-5-7-19(25-2)8-6-17/h3-8,12,18H,9-11,13-16H2,1-2H3,(H,22,23). The van der Waals surface area contributed by atoms with E-state index in [4.69, 9.17) is 18.9 Å². The van der Waals surface area contributed by atoms with E-state index in [0.717, 1.165) is 62.2 Å². The van der Waals surface area contributed by atoms with Gasteiger partial charge in [0.1, 0.15) is 11.5 Å². The van der Waals surface area contributed by atoms with Gasteiger partial charge in [0.25, 0.3) is 0 Å². The Hall–Kier alpha value is -2.47. The van der Waals surface area contributed by atoms with Gasteiger partial charge in [-0.3, -0.25) is 0 Å². The summed E-state index contributed by atoms with van der Waals surface area (Å²) in [6.45, 7) is 4.04. The van der Waals surface area contributed by atoms with Crippen LogP contribution in [0.5, 0.6) is 5.75 Å². The smallest absolute Gasteiger partial charge is 0.194 e. The van der Waals surface area contributed by atoms with E-state index in [0.29, 0.717) is 12.5 Å². The third-order valence-electron chi connectivity index (χ3n) is 4.72. The summed E-state index contributed by atoms with van der Waals surface area (Å²) in [4.78, 5) is 7.03. The summed E-state index contributed by atoms with van der Waals surface area (Å²) in [5.41, 5.74) is 1.15. The lowest BCUT2D eigenvalue weighted by Gasteiger charge is -2.25. The van der Waals surface area contributed by atoms with Crippen LogP contribution in [0.1, 0.15) is 17.7 Å². The number of hydrogen-bond donors (Lipinski definition) is 1. The number of guanidine groups is 1. The molecule has 2 aromatic rings. The van der Waals surface area contributed by atoms with E-state index in [-0.39, 0.29) is 0 Å². The lowest BCUT2D eigenvalue weighted by Crippen LogP contribution is -2.42. The molecule has 6 nitrogen and oxygen atoms in total. The van der Waals surface area contributed by atoms with Crippen molar-refractivity contribution in [3.05, 3.63) is 54.0 Å². The van der Waals surface area contributed by atoms with E-state index < -0.39 is 0 Å². The fourth-order valence-corrected chi connectivity index (χ4v) is 3.16. The molecule has 6 heteroatoms. The summed E-state index contributed by atoms with van der Waals surface area (Å²) < 4.78 is 16.1. The van der Waals surface area contributed by atoms with Crippen LogP contribution < -0.4 is 10.1 Å². The number of nitrogens with zero attached hydrogens (tertiary/aromatic N) is 2. The highest BCUT2D eigenvalue weighted by atomic mass is 16.5. The van der Waals surface area contributed by atoms with E-state index in [1.165, 1.54) is 0 Å². The molecule has 1 aromatic carbocycles. The second kappa shape index (κ2) is 10.0. The molecule has 1 aliphatic heterocycles. The molecule has 1 atom stereocenters. The van der Waals surface area contributed by atoms with Crippen LogP contribution in [0.3, 0.4) is 0 Å². The number of aliphatic imine (C=N–C) groups is 1. The number of methoxy groups -OCH3 is 1. The van der Waals surface area contributed by atoms with Crippen molar-refractivity contribution in [3.63, 3.8) is 0 Å². The van der Waals surface area contributed by atoms with E-state index in [1.54, 1.807) is 13.4 Å². The van der Waals surface area contributed by atoms with E-state index in [2.05, 4.69) is 17.3 Å². The molecule has 146 valence electrons. The lowest BCUT2D eigenvalue weighted by molar-refractivity contribution is 0.181. The number of furan rings is 1. The van der Waals surface area contributed by atoms with E-state index in [9.17, 15) is 0 Å². The summed E-state index contributed by atoms with van der Waals surface area (Å²) in [6.07, 6.45) is 3.65. The summed E-state index contributed by atoms with van der Waals surface area (Å²) in [6, 6.07) is 11.9. The normalized spacial score (nSPS) is 17.1. The number of rotatable bonds is 8. The van der Waals surface area contributed by atoms with Gasteiger partial charge in [-0.05, 0) is 36.2 Å². The topological polar surface area (TPSA) is 59.2 Å². The average molecular weight is 371 g/mol. The molecule has 0 bridgehead atoms. The summed E-state index contributed by atoms with van der Waals surface area (Å²) in [7, 11) is 3.76. The van der Waals surface area contributed by atoms with Gasteiger partial charge in [-0.2, -0.15) is 0 Å². The fraction of sp³-hybridized carbons (Fsp3) is 0.476. The fourth-order valence-electron chi connectivity index (χ4n) is 3.16. The highest BCUT2D eigenvalue weighted by molar-refractivity contribution is 5.79.